The van der Waals surface area contributed by atoms with Gasteiger partial charge in [-0.3, -0.25) is 4.79 Å². The van der Waals surface area contributed by atoms with Gasteiger partial charge in [0.1, 0.15) is 5.58 Å². The molecule has 0 bridgehead atoms. The number of benzene rings is 2. The number of halogens is 2. The Morgan fingerprint density at radius 3 is 2.90 bits per heavy atom. The van der Waals surface area contributed by atoms with Crippen molar-refractivity contribution in [2.24, 2.45) is 7.05 Å². The Morgan fingerprint density at radius 1 is 1.24 bits per heavy atom. The molecule has 4 aromatic rings. The molecule has 0 saturated heterocycles. The van der Waals surface area contributed by atoms with Crippen molar-refractivity contribution in [1.82, 2.24) is 14.8 Å². The molecule has 0 aliphatic carbocycles. The van der Waals surface area contributed by atoms with Gasteiger partial charge in [-0.1, -0.05) is 45.4 Å². The summed E-state index contributed by atoms with van der Waals surface area (Å²) in [4.78, 5) is 12.3. The van der Waals surface area contributed by atoms with E-state index in [1.807, 2.05) is 48.9 Å². The normalized spacial score (nSPS) is 11.2. The molecule has 0 radical (unpaired) electrons. The maximum atomic E-state index is 12.3. The van der Waals surface area contributed by atoms with Crippen LogP contribution >= 0.6 is 39.3 Å². The van der Waals surface area contributed by atoms with Crippen LogP contribution in [0.2, 0.25) is 5.02 Å². The number of aromatic nitrogens is 3. The van der Waals surface area contributed by atoms with Gasteiger partial charge in [-0.25, -0.2) is 0 Å². The van der Waals surface area contributed by atoms with E-state index in [9.17, 15) is 4.79 Å². The molecule has 0 fully saturated rings. The van der Waals surface area contributed by atoms with Crippen LogP contribution in [0.3, 0.4) is 0 Å². The highest BCUT2D eigenvalue weighted by molar-refractivity contribution is 9.10. The molecule has 0 aliphatic heterocycles. The summed E-state index contributed by atoms with van der Waals surface area (Å²) in [5, 5.41) is 13.5. The van der Waals surface area contributed by atoms with E-state index in [4.69, 9.17) is 16.0 Å². The number of nitrogens with one attached hydrogen (secondary N) is 1. The first-order valence-corrected chi connectivity index (χ1v) is 10.8. The molecule has 6 nitrogen and oxygen atoms in total. The van der Waals surface area contributed by atoms with Crippen molar-refractivity contribution in [2.45, 2.75) is 12.1 Å². The average Bonchev–Trinajstić information content (AvgIpc) is 3.25. The maximum Gasteiger partial charge on any atom is 0.234 e. The minimum Gasteiger partial charge on any atom is -0.453 e. The summed E-state index contributed by atoms with van der Waals surface area (Å²) in [6.45, 7) is 1.92. The van der Waals surface area contributed by atoms with Crippen LogP contribution in [0.5, 0.6) is 0 Å². The van der Waals surface area contributed by atoms with Gasteiger partial charge in [0.15, 0.2) is 16.7 Å². The summed E-state index contributed by atoms with van der Waals surface area (Å²) in [5.41, 5.74) is 2.43. The maximum absolute atomic E-state index is 12.3. The Bertz CT molecular complexity index is 1220. The fourth-order valence-electron chi connectivity index (χ4n) is 2.82. The molecule has 2 aromatic heterocycles. The van der Waals surface area contributed by atoms with E-state index in [0.717, 1.165) is 21.0 Å². The predicted molar refractivity (Wildman–Crippen MR) is 119 cm³/mol. The van der Waals surface area contributed by atoms with Crippen molar-refractivity contribution in [3.05, 3.63) is 57.5 Å². The van der Waals surface area contributed by atoms with E-state index >= 15 is 0 Å². The third-order valence-electron chi connectivity index (χ3n) is 4.34. The predicted octanol–water partition coefficient (Wildman–Crippen LogP) is 5.68. The van der Waals surface area contributed by atoms with E-state index < -0.39 is 0 Å². The number of thioether (sulfide) groups is 1. The highest BCUT2D eigenvalue weighted by Crippen LogP contribution is 2.30. The van der Waals surface area contributed by atoms with Crippen LogP contribution in [0.15, 0.2) is 56.5 Å². The summed E-state index contributed by atoms with van der Waals surface area (Å²) in [6.07, 6.45) is 0. The van der Waals surface area contributed by atoms with E-state index in [0.29, 0.717) is 27.5 Å². The number of anilines is 1. The first-order chi connectivity index (χ1) is 13.9. The number of carbonyl (C=O) groups excluding carboxylic acids is 1. The molecule has 1 amide bonds. The number of hydrogen-bond acceptors (Lipinski definition) is 5. The molecule has 0 atom stereocenters. The van der Waals surface area contributed by atoms with Crippen molar-refractivity contribution in [3.63, 3.8) is 0 Å². The summed E-state index contributed by atoms with van der Waals surface area (Å²) in [6, 6.07) is 13.1. The highest BCUT2D eigenvalue weighted by Gasteiger charge is 2.17. The number of furan rings is 1. The molecule has 2 heterocycles. The Kier molecular flexibility index (Phi) is 5.67. The Labute approximate surface area is 184 Å². The molecule has 0 aliphatic rings. The molecule has 2 aromatic carbocycles. The number of carbonyl (C=O) groups is 1. The average molecular weight is 492 g/mol. The number of aryl methyl sites for hydroxylation is 1. The van der Waals surface area contributed by atoms with E-state index in [-0.39, 0.29) is 11.7 Å². The number of amides is 1. The minimum absolute atomic E-state index is 0.140. The number of nitrogens with zero attached hydrogens (tertiary/aromatic N) is 3. The minimum atomic E-state index is -0.140. The second-order valence-electron chi connectivity index (χ2n) is 6.45. The second kappa shape index (κ2) is 8.22. The lowest BCUT2D eigenvalue weighted by atomic mass is 10.2. The van der Waals surface area contributed by atoms with Crippen LogP contribution in [0.1, 0.15) is 5.56 Å². The first-order valence-electron chi connectivity index (χ1n) is 8.68. The van der Waals surface area contributed by atoms with Gasteiger partial charge in [-0.15, -0.1) is 10.2 Å². The van der Waals surface area contributed by atoms with Crippen LogP contribution in [0.4, 0.5) is 5.69 Å². The monoisotopic (exact) mass is 490 g/mol. The quantitative estimate of drug-likeness (QED) is 0.363. The molecule has 0 unspecified atom stereocenters. The largest absolute Gasteiger partial charge is 0.453 e. The number of rotatable bonds is 5. The van der Waals surface area contributed by atoms with Crippen molar-refractivity contribution in [3.8, 4) is 11.6 Å². The van der Waals surface area contributed by atoms with Crippen LogP contribution in [0.25, 0.3) is 22.6 Å². The van der Waals surface area contributed by atoms with Crippen molar-refractivity contribution >= 4 is 61.9 Å². The Hall–Kier alpha value is -2.29. The zero-order chi connectivity index (χ0) is 20.5. The van der Waals surface area contributed by atoms with E-state index in [2.05, 4.69) is 31.4 Å². The first kappa shape index (κ1) is 20.0. The van der Waals surface area contributed by atoms with Gasteiger partial charge >= 0.3 is 0 Å². The lowest BCUT2D eigenvalue weighted by molar-refractivity contribution is -0.113. The molecule has 148 valence electrons. The van der Waals surface area contributed by atoms with E-state index in [1.165, 1.54) is 11.8 Å². The van der Waals surface area contributed by atoms with Crippen LogP contribution in [0, 0.1) is 6.92 Å². The van der Waals surface area contributed by atoms with Gasteiger partial charge in [0.25, 0.3) is 0 Å². The lowest BCUT2D eigenvalue weighted by Gasteiger charge is -2.08. The summed E-state index contributed by atoms with van der Waals surface area (Å²) >= 11 is 10.8. The molecular formula is C20H16BrClN4O2S. The van der Waals surface area contributed by atoms with Crippen LogP contribution < -0.4 is 5.32 Å². The van der Waals surface area contributed by atoms with Gasteiger partial charge in [0.2, 0.25) is 5.91 Å². The Balaban J connectivity index is 1.47. The summed E-state index contributed by atoms with van der Waals surface area (Å²) in [7, 11) is 1.85. The molecule has 29 heavy (non-hydrogen) atoms. The van der Waals surface area contributed by atoms with Crippen molar-refractivity contribution < 1.29 is 9.21 Å². The van der Waals surface area contributed by atoms with Gasteiger partial charge in [0.05, 0.1) is 5.75 Å². The van der Waals surface area contributed by atoms with Crippen molar-refractivity contribution in [2.75, 3.05) is 11.1 Å². The smallest absolute Gasteiger partial charge is 0.234 e. The summed E-state index contributed by atoms with van der Waals surface area (Å²) in [5.74, 6) is 1.29. The lowest BCUT2D eigenvalue weighted by Crippen LogP contribution is -2.15. The SMILES string of the molecule is Cc1ccc(Cl)cc1NC(=O)CSc1nnc(-c2cc3cc(Br)ccc3o2)n1C. The van der Waals surface area contributed by atoms with Crippen LogP contribution in [-0.4, -0.2) is 26.4 Å². The zero-order valence-electron chi connectivity index (χ0n) is 15.6. The zero-order valence-corrected chi connectivity index (χ0v) is 18.7. The summed E-state index contributed by atoms with van der Waals surface area (Å²) < 4.78 is 8.68. The molecule has 0 saturated carbocycles. The fraction of sp³-hybridized carbons (Fsp3) is 0.150. The van der Waals surface area contributed by atoms with Gasteiger partial charge < -0.3 is 14.3 Å². The molecule has 9 heteroatoms. The number of hydrogen-bond donors (Lipinski definition) is 1. The number of fused-ring (bicyclic) bond motifs is 1. The van der Waals surface area contributed by atoms with Crippen molar-refractivity contribution in [1.29, 1.82) is 0 Å². The topological polar surface area (TPSA) is 73.0 Å². The third kappa shape index (κ3) is 4.34. The molecule has 1 N–H and O–H groups in total. The molecule has 0 spiro atoms. The third-order valence-corrected chi connectivity index (χ3v) is 6.09. The molecular weight excluding hydrogens is 476 g/mol. The Morgan fingerprint density at radius 2 is 2.07 bits per heavy atom. The van der Waals surface area contributed by atoms with Gasteiger partial charge in [-0.2, -0.15) is 0 Å². The standard InChI is InChI=1S/C20H16BrClN4O2S/c1-11-3-5-14(22)9-15(11)23-18(27)10-29-20-25-24-19(26(20)2)17-8-12-7-13(21)4-6-16(12)28-17/h3-9H,10H2,1-2H3,(H,23,27). The second-order valence-corrected chi connectivity index (χ2v) is 8.75. The van der Waals surface area contributed by atoms with E-state index in [1.54, 1.807) is 12.1 Å². The van der Waals surface area contributed by atoms with Gasteiger partial charge in [-0.05, 0) is 48.9 Å². The van der Waals surface area contributed by atoms with Crippen LogP contribution in [-0.2, 0) is 11.8 Å². The van der Waals surface area contributed by atoms with Gasteiger partial charge in [0, 0.05) is 27.6 Å². The fourth-order valence-corrected chi connectivity index (χ4v) is 4.09. The highest BCUT2D eigenvalue weighted by atomic mass is 79.9. The molecule has 4 rings (SSSR count).